The third-order valence-corrected chi connectivity index (χ3v) is 2.54. The number of nitrogens with zero attached hydrogens (tertiary/aromatic N) is 2. The van der Waals surface area contributed by atoms with Gasteiger partial charge in [-0.15, -0.1) is 0 Å². The third kappa shape index (κ3) is 3.25. The molecule has 2 aromatic heterocycles. The molecule has 88 valence electrons. The van der Waals surface area contributed by atoms with Crippen LogP contribution in [0.25, 0.3) is 0 Å². The SMILES string of the molecule is C[C@H](O)c1ccc(Oc2cncc(Br)c2)cn1. The number of aliphatic hydroxyl groups is 1. The van der Waals surface area contributed by atoms with Crippen molar-refractivity contribution in [2.75, 3.05) is 0 Å². The van der Waals surface area contributed by atoms with Crippen molar-refractivity contribution in [2.24, 2.45) is 0 Å². The minimum atomic E-state index is -0.573. The Morgan fingerprint density at radius 3 is 2.65 bits per heavy atom. The van der Waals surface area contributed by atoms with E-state index in [0.717, 1.165) is 4.47 Å². The van der Waals surface area contributed by atoms with E-state index >= 15 is 0 Å². The fourth-order valence-corrected chi connectivity index (χ4v) is 1.63. The lowest BCUT2D eigenvalue weighted by Gasteiger charge is -2.07. The van der Waals surface area contributed by atoms with Gasteiger partial charge < -0.3 is 9.84 Å². The van der Waals surface area contributed by atoms with E-state index < -0.39 is 6.10 Å². The summed E-state index contributed by atoms with van der Waals surface area (Å²) in [7, 11) is 0. The maximum Gasteiger partial charge on any atom is 0.146 e. The fourth-order valence-electron chi connectivity index (χ4n) is 1.28. The number of aliphatic hydroxyl groups excluding tert-OH is 1. The lowest BCUT2D eigenvalue weighted by molar-refractivity contribution is 0.194. The second-order valence-electron chi connectivity index (χ2n) is 3.54. The summed E-state index contributed by atoms with van der Waals surface area (Å²) in [5.41, 5.74) is 0.615. The molecule has 2 heterocycles. The van der Waals surface area contributed by atoms with Crippen LogP contribution < -0.4 is 4.74 Å². The van der Waals surface area contributed by atoms with Crippen LogP contribution in [0.2, 0.25) is 0 Å². The summed E-state index contributed by atoms with van der Waals surface area (Å²) in [6.45, 7) is 1.67. The van der Waals surface area contributed by atoms with E-state index in [4.69, 9.17) is 4.74 Å². The van der Waals surface area contributed by atoms with Gasteiger partial charge in [0.1, 0.15) is 11.5 Å². The predicted octanol–water partition coefficient (Wildman–Crippen LogP) is 3.08. The first-order chi connectivity index (χ1) is 8.15. The average Bonchev–Trinajstić information content (AvgIpc) is 2.29. The van der Waals surface area contributed by atoms with Crippen LogP contribution in [0.5, 0.6) is 11.5 Å². The summed E-state index contributed by atoms with van der Waals surface area (Å²) in [5, 5.41) is 9.32. The van der Waals surface area contributed by atoms with Gasteiger partial charge in [0, 0.05) is 10.7 Å². The van der Waals surface area contributed by atoms with Crippen molar-refractivity contribution >= 4 is 15.9 Å². The van der Waals surface area contributed by atoms with Crippen LogP contribution in [-0.4, -0.2) is 15.1 Å². The number of rotatable bonds is 3. The molecule has 4 nitrogen and oxygen atoms in total. The second-order valence-corrected chi connectivity index (χ2v) is 4.45. The van der Waals surface area contributed by atoms with Crippen LogP contribution in [0.3, 0.4) is 0 Å². The first-order valence-electron chi connectivity index (χ1n) is 5.07. The monoisotopic (exact) mass is 294 g/mol. The van der Waals surface area contributed by atoms with Crippen molar-refractivity contribution in [3.05, 3.63) is 47.0 Å². The average molecular weight is 295 g/mol. The highest BCUT2D eigenvalue weighted by atomic mass is 79.9. The second kappa shape index (κ2) is 5.25. The number of hydrogen-bond acceptors (Lipinski definition) is 4. The Balaban J connectivity index is 2.14. The van der Waals surface area contributed by atoms with Gasteiger partial charge in [0.2, 0.25) is 0 Å². The summed E-state index contributed by atoms with van der Waals surface area (Å²) >= 11 is 3.31. The van der Waals surface area contributed by atoms with Gasteiger partial charge in [-0.25, -0.2) is 0 Å². The Kier molecular flexibility index (Phi) is 3.71. The molecular formula is C12H11BrN2O2. The van der Waals surface area contributed by atoms with E-state index in [2.05, 4.69) is 25.9 Å². The Labute approximate surface area is 107 Å². The van der Waals surface area contributed by atoms with Gasteiger partial charge in [-0.2, -0.15) is 0 Å². The molecule has 0 amide bonds. The number of hydrogen-bond donors (Lipinski definition) is 1. The highest BCUT2D eigenvalue weighted by Gasteiger charge is 2.03. The molecule has 5 heteroatoms. The molecule has 0 spiro atoms. The Morgan fingerprint density at radius 2 is 2.06 bits per heavy atom. The Bertz CT molecular complexity index is 500. The minimum Gasteiger partial charge on any atom is -0.454 e. The zero-order valence-electron chi connectivity index (χ0n) is 9.17. The molecule has 2 aromatic rings. The molecular weight excluding hydrogens is 284 g/mol. The van der Waals surface area contributed by atoms with E-state index in [1.54, 1.807) is 37.6 Å². The van der Waals surface area contributed by atoms with Crippen LogP contribution in [0.1, 0.15) is 18.7 Å². The van der Waals surface area contributed by atoms with Crippen molar-refractivity contribution in [3.8, 4) is 11.5 Å². The van der Waals surface area contributed by atoms with Crippen molar-refractivity contribution < 1.29 is 9.84 Å². The quantitative estimate of drug-likeness (QED) is 0.945. The van der Waals surface area contributed by atoms with E-state index in [0.29, 0.717) is 17.2 Å². The van der Waals surface area contributed by atoms with Crippen LogP contribution >= 0.6 is 15.9 Å². The van der Waals surface area contributed by atoms with Crippen molar-refractivity contribution in [3.63, 3.8) is 0 Å². The van der Waals surface area contributed by atoms with Crippen LogP contribution in [0.4, 0.5) is 0 Å². The summed E-state index contributed by atoms with van der Waals surface area (Å²) < 4.78 is 6.41. The predicted molar refractivity (Wildman–Crippen MR) is 66.9 cm³/mol. The summed E-state index contributed by atoms with van der Waals surface area (Å²) in [6.07, 6.45) is 4.30. The first kappa shape index (κ1) is 12.0. The lowest BCUT2D eigenvalue weighted by Crippen LogP contribution is -1.95. The Morgan fingerprint density at radius 1 is 1.24 bits per heavy atom. The van der Waals surface area contributed by atoms with Crippen molar-refractivity contribution in [1.82, 2.24) is 9.97 Å². The van der Waals surface area contributed by atoms with E-state index in [1.807, 2.05) is 6.07 Å². The molecule has 0 saturated carbocycles. The summed E-state index contributed by atoms with van der Waals surface area (Å²) in [6, 6.07) is 5.30. The molecule has 0 aromatic carbocycles. The summed E-state index contributed by atoms with van der Waals surface area (Å²) in [4.78, 5) is 8.08. The molecule has 0 radical (unpaired) electrons. The maximum atomic E-state index is 9.32. The number of ether oxygens (including phenoxy) is 1. The molecule has 0 aliphatic carbocycles. The van der Waals surface area contributed by atoms with Gasteiger partial charge in [0.15, 0.2) is 0 Å². The number of halogens is 1. The molecule has 17 heavy (non-hydrogen) atoms. The highest BCUT2D eigenvalue weighted by Crippen LogP contribution is 2.23. The van der Waals surface area contributed by atoms with Crippen molar-refractivity contribution in [1.29, 1.82) is 0 Å². The van der Waals surface area contributed by atoms with Crippen molar-refractivity contribution in [2.45, 2.75) is 13.0 Å². The van der Waals surface area contributed by atoms with Gasteiger partial charge in [0.25, 0.3) is 0 Å². The smallest absolute Gasteiger partial charge is 0.146 e. The number of pyridine rings is 2. The standard InChI is InChI=1S/C12H11BrN2O2/c1-8(16)12-3-2-10(7-15-12)17-11-4-9(13)5-14-6-11/h2-8,16H,1H3/t8-/m0/s1. The molecule has 0 aliphatic rings. The van der Waals surface area contributed by atoms with Gasteiger partial charge in [-0.05, 0) is 41.1 Å². The number of aromatic nitrogens is 2. The summed E-state index contributed by atoms with van der Waals surface area (Å²) in [5.74, 6) is 1.24. The topological polar surface area (TPSA) is 55.2 Å². The minimum absolute atomic E-state index is 0.573. The zero-order chi connectivity index (χ0) is 12.3. The van der Waals surface area contributed by atoms with Crippen LogP contribution in [0, 0.1) is 0 Å². The molecule has 0 saturated heterocycles. The molecule has 1 atom stereocenters. The largest absolute Gasteiger partial charge is 0.454 e. The van der Waals surface area contributed by atoms with Gasteiger partial charge in [0.05, 0.1) is 24.2 Å². The van der Waals surface area contributed by atoms with E-state index in [9.17, 15) is 5.11 Å². The molecule has 0 bridgehead atoms. The molecule has 0 aliphatic heterocycles. The Hall–Kier alpha value is -1.46. The fraction of sp³-hybridized carbons (Fsp3) is 0.167. The zero-order valence-corrected chi connectivity index (χ0v) is 10.8. The lowest BCUT2D eigenvalue weighted by atomic mass is 10.2. The highest BCUT2D eigenvalue weighted by molar-refractivity contribution is 9.10. The molecule has 2 rings (SSSR count). The van der Waals surface area contributed by atoms with E-state index in [-0.39, 0.29) is 0 Å². The van der Waals surface area contributed by atoms with Gasteiger partial charge >= 0.3 is 0 Å². The first-order valence-corrected chi connectivity index (χ1v) is 5.87. The third-order valence-electron chi connectivity index (χ3n) is 2.10. The normalized spacial score (nSPS) is 12.2. The molecule has 0 unspecified atom stereocenters. The molecule has 0 fully saturated rings. The molecule has 1 N–H and O–H groups in total. The van der Waals surface area contributed by atoms with Gasteiger partial charge in [-0.3, -0.25) is 9.97 Å². The van der Waals surface area contributed by atoms with Crippen LogP contribution in [-0.2, 0) is 0 Å². The maximum absolute atomic E-state index is 9.32. The van der Waals surface area contributed by atoms with Gasteiger partial charge in [-0.1, -0.05) is 0 Å². The van der Waals surface area contributed by atoms with E-state index in [1.165, 1.54) is 0 Å². The van der Waals surface area contributed by atoms with Crippen LogP contribution in [0.15, 0.2) is 41.3 Å².